The summed E-state index contributed by atoms with van der Waals surface area (Å²) < 4.78 is 11.4. The normalized spacial score (nSPS) is 22.7. The summed E-state index contributed by atoms with van der Waals surface area (Å²) in [6.07, 6.45) is 5.36. The van der Waals surface area contributed by atoms with E-state index in [4.69, 9.17) is 9.47 Å². The van der Waals surface area contributed by atoms with E-state index in [9.17, 15) is 19.8 Å². The van der Waals surface area contributed by atoms with E-state index in [2.05, 4.69) is 19.9 Å². The number of fused-ring (bicyclic) bond motifs is 9. The van der Waals surface area contributed by atoms with Gasteiger partial charge in [0.25, 0.3) is 0 Å². The van der Waals surface area contributed by atoms with Gasteiger partial charge in [-0.05, 0) is 128 Å². The van der Waals surface area contributed by atoms with Crippen LogP contribution < -0.4 is 9.47 Å². The van der Waals surface area contributed by atoms with Crippen molar-refractivity contribution in [2.24, 2.45) is 5.41 Å². The number of hydrogen-bond acceptors (Lipinski definition) is 6. The average Bonchev–Trinajstić information content (AvgIpc) is 3.45. The number of ether oxygens (including phenoxy) is 2. The predicted octanol–water partition coefficient (Wildman–Crippen LogP) is 9.82. The van der Waals surface area contributed by atoms with Crippen LogP contribution in [0, 0.1) is 5.41 Å². The lowest BCUT2D eigenvalue weighted by molar-refractivity contribution is -0.0802. The Morgan fingerprint density at radius 1 is 0.836 bits per heavy atom. The standard InChI is InChI=1S/C48H51NO6/c1-33-10-9-26-47(2)44(42-24-16-35(28-39(50)20-15-33)29-43(42)45(51)37-18-21-40(54-3)22-19-37)25-27-48(47,53)32-49(31-34-11-5-4-6-12-34)46(52)55-41-23-17-36-13-7-8-14-38(36)30-41/h4-8,10-14,16-19,21-24,29-30,39,44,50,53H,9,15,20,25-28,31-32H2,1-3H3/t39-,44-,47-,48+/m0/s1. The number of allylic oxidation sites excluding steroid dienone is 2. The van der Waals surface area contributed by atoms with E-state index < -0.39 is 23.2 Å². The van der Waals surface area contributed by atoms with Gasteiger partial charge in [0.2, 0.25) is 0 Å². The summed E-state index contributed by atoms with van der Waals surface area (Å²) in [5, 5.41) is 26.1. The summed E-state index contributed by atoms with van der Waals surface area (Å²) in [6, 6.07) is 36.5. The second-order valence-corrected chi connectivity index (χ2v) is 15.7. The van der Waals surface area contributed by atoms with Gasteiger partial charge in [-0.1, -0.05) is 91.4 Å². The Labute approximate surface area is 324 Å². The molecule has 1 fully saturated rings. The number of nitrogens with zero attached hydrogens (tertiary/aromatic N) is 1. The molecule has 284 valence electrons. The lowest BCUT2D eigenvalue weighted by atomic mass is 9.64. The van der Waals surface area contributed by atoms with Gasteiger partial charge in [-0.15, -0.1) is 0 Å². The van der Waals surface area contributed by atoms with Crippen LogP contribution in [0.25, 0.3) is 10.8 Å². The summed E-state index contributed by atoms with van der Waals surface area (Å²) in [6.45, 7) is 4.54. The zero-order valence-electron chi connectivity index (χ0n) is 32.0. The molecule has 5 aromatic rings. The summed E-state index contributed by atoms with van der Waals surface area (Å²) in [5.74, 6) is 0.800. The molecular formula is C48H51NO6. The van der Waals surface area contributed by atoms with E-state index in [-0.39, 0.29) is 24.8 Å². The van der Waals surface area contributed by atoms with Crippen LogP contribution in [0.4, 0.5) is 4.79 Å². The Morgan fingerprint density at radius 3 is 2.33 bits per heavy atom. The SMILES string of the molecule is COc1ccc(C(=O)c2cc3ccc2[C@@H]2CC[C@@](O)(CN(Cc4ccccc4)C(=O)Oc4ccc5ccccc5c4)[C@@]2(C)CCC=C(C)CC[C@H](O)C3)cc1. The van der Waals surface area contributed by atoms with Crippen LogP contribution in [0.5, 0.6) is 11.5 Å². The molecule has 2 N–H and O–H groups in total. The number of amides is 1. The maximum absolute atomic E-state index is 14.5. The molecule has 4 atom stereocenters. The van der Waals surface area contributed by atoms with Gasteiger partial charge in [-0.2, -0.15) is 0 Å². The molecule has 3 aliphatic carbocycles. The van der Waals surface area contributed by atoms with Crippen molar-refractivity contribution in [1.29, 1.82) is 0 Å². The fourth-order valence-corrected chi connectivity index (χ4v) is 8.80. The van der Waals surface area contributed by atoms with E-state index in [1.807, 2.05) is 84.9 Å². The third-order valence-electron chi connectivity index (χ3n) is 12.1. The predicted molar refractivity (Wildman–Crippen MR) is 217 cm³/mol. The minimum atomic E-state index is -1.32. The first kappa shape index (κ1) is 38.1. The lowest BCUT2D eigenvalue weighted by Crippen LogP contribution is -2.54. The highest BCUT2D eigenvalue weighted by atomic mass is 16.6. The lowest BCUT2D eigenvalue weighted by Gasteiger charge is -2.46. The van der Waals surface area contributed by atoms with Crippen molar-refractivity contribution >= 4 is 22.6 Å². The molecule has 55 heavy (non-hydrogen) atoms. The van der Waals surface area contributed by atoms with Crippen LogP contribution in [0.3, 0.4) is 0 Å². The molecule has 0 aromatic heterocycles. The van der Waals surface area contributed by atoms with Gasteiger partial charge >= 0.3 is 6.09 Å². The third-order valence-corrected chi connectivity index (χ3v) is 12.1. The monoisotopic (exact) mass is 737 g/mol. The van der Waals surface area contributed by atoms with E-state index in [1.54, 1.807) is 42.3 Å². The van der Waals surface area contributed by atoms with Crippen molar-refractivity contribution in [3.63, 3.8) is 0 Å². The van der Waals surface area contributed by atoms with Crippen LogP contribution in [-0.2, 0) is 13.0 Å². The largest absolute Gasteiger partial charge is 0.497 e. The number of hydrogen-bond donors (Lipinski definition) is 2. The van der Waals surface area contributed by atoms with E-state index in [1.165, 1.54) is 5.57 Å². The fraction of sp³-hybridized carbons (Fsp3) is 0.333. The molecule has 0 radical (unpaired) electrons. The number of carbonyl (C=O) groups is 2. The highest BCUT2D eigenvalue weighted by molar-refractivity contribution is 6.10. The van der Waals surface area contributed by atoms with Crippen molar-refractivity contribution < 1.29 is 29.3 Å². The number of benzene rings is 5. The molecule has 0 saturated heterocycles. The first-order valence-electron chi connectivity index (χ1n) is 19.4. The Balaban J connectivity index is 1.27. The van der Waals surface area contributed by atoms with Crippen LogP contribution in [0.2, 0.25) is 0 Å². The van der Waals surface area contributed by atoms with Crippen LogP contribution >= 0.6 is 0 Å². The Hall–Kier alpha value is -5.24. The zero-order valence-corrected chi connectivity index (χ0v) is 32.0. The summed E-state index contributed by atoms with van der Waals surface area (Å²) >= 11 is 0. The third kappa shape index (κ3) is 8.24. The van der Waals surface area contributed by atoms with Crippen molar-refractivity contribution in [2.45, 2.75) is 83.0 Å². The second kappa shape index (κ2) is 16.2. The maximum atomic E-state index is 14.5. The van der Waals surface area contributed by atoms with Gasteiger partial charge in [-0.25, -0.2) is 4.79 Å². The van der Waals surface area contributed by atoms with Gasteiger partial charge in [0, 0.05) is 23.1 Å². The van der Waals surface area contributed by atoms with Crippen molar-refractivity contribution in [1.82, 2.24) is 4.90 Å². The molecule has 5 aromatic carbocycles. The van der Waals surface area contributed by atoms with E-state index in [0.717, 1.165) is 33.9 Å². The van der Waals surface area contributed by atoms with Crippen LogP contribution in [0.1, 0.15) is 90.9 Å². The smallest absolute Gasteiger partial charge is 0.415 e. The average molecular weight is 738 g/mol. The van der Waals surface area contributed by atoms with Gasteiger partial charge < -0.3 is 24.6 Å². The number of methoxy groups -OCH3 is 1. The Morgan fingerprint density at radius 2 is 1.56 bits per heavy atom. The maximum Gasteiger partial charge on any atom is 0.415 e. The molecule has 3 aliphatic rings. The molecule has 0 unspecified atom stereocenters. The van der Waals surface area contributed by atoms with Crippen molar-refractivity contribution in [3.05, 3.63) is 155 Å². The molecule has 1 amide bonds. The molecular weight excluding hydrogens is 687 g/mol. The molecule has 8 rings (SSSR count). The first-order chi connectivity index (χ1) is 26.5. The molecule has 1 saturated carbocycles. The van der Waals surface area contributed by atoms with Gasteiger partial charge in [0.05, 0.1) is 25.4 Å². The van der Waals surface area contributed by atoms with E-state index in [0.29, 0.717) is 61.2 Å². The van der Waals surface area contributed by atoms with Crippen molar-refractivity contribution in [3.8, 4) is 11.5 Å². The molecule has 7 heteroatoms. The fourth-order valence-electron chi connectivity index (χ4n) is 8.80. The highest BCUT2D eigenvalue weighted by Gasteiger charge is 2.57. The quantitative estimate of drug-likeness (QED) is 0.122. The number of ketones is 1. The zero-order chi connectivity index (χ0) is 38.6. The van der Waals surface area contributed by atoms with Gasteiger partial charge in [0.1, 0.15) is 11.5 Å². The molecule has 2 bridgehead atoms. The molecule has 0 aliphatic heterocycles. The molecule has 7 nitrogen and oxygen atoms in total. The Bertz CT molecular complexity index is 2180. The van der Waals surface area contributed by atoms with Crippen LogP contribution in [0.15, 0.2) is 127 Å². The Kier molecular flexibility index (Phi) is 11.2. The van der Waals surface area contributed by atoms with E-state index >= 15 is 0 Å². The highest BCUT2D eigenvalue weighted by Crippen LogP contribution is 2.59. The molecule has 0 spiro atoms. The van der Waals surface area contributed by atoms with Gasteiger partial charge in [-0.3, -0.25) is 4.79 Å². The summed E-state index contributed by atoms with van der Waals surface area (Å²) in [4.78, 5) is 30.3. The summed E-state index contributed by atoms with van der Waals surface area (Å²) in [7, 11) is 1.60. The van der Waals surface area contributed by atoms with Gasteiger partial charge in [0.15, 0.2) is 5.78 Å². The number of rotatable bonds is 8. The second-order valence-electron chi connectivity index (χ2n) is 15.7. The first-order valence-corrected chi connectivity index (χ1v) is 19.4. The number of carbonyl (C=O) groups excluding carboxylic acids is 2. The van der Waals surface area contributed by atoms with Crippen molar-refractivity contribution in [2.75, 3.05) is 13.7 Å². The van der Waals surface area contributed by atoms with Crippen LogP contribution in [-0.4, -0.2) is 52.3 Å². The minimum absolute atomic E-state index is 0.0516. The summed E-state index contributed by atoms with van der Waals surface area (Å²) in [5.41, 5.74) is 2.97. The minimum Gasteiger partial charge on any atom is -0.497 e. The number of aliphatic hydroxyl groups excluding tert-OH is 1. The topological polar surface area (TPSA) is 96.3 Å². The molecule has 0 heterocycles. The number of aliphatic hydroxyl groups is 2.